The lowest BCUT2D eigenvalue weighted by atomic mass is 10.1. The van der Waals surface area contributed by atoms with Gasteiger partial charge in [0.25, 0.3) is 0 Å². The molecule has 82 valence electrons. The second kappa shape index (κ2) is 4.64. The first kappa shape index (κ1) is 11.3. The summed E-state index contributed by atoms with van der Waals surface area (Å²) in [6.45, 7) is 6.38. The van der Waals surface area contributed by atoms with Crippen LogP contribution in [0.25, 0.3) is 0 Å². The van der Waals surface area contributed by atoms with Gasteiger partial charge in [-0.3, -0.25) is 5.32 Å². The minimum Gasteiger partial charge on any atom is -0.429 e. The van der Waals surface area contributed by atoms with Gasteiger partial charge in [0.1, 0.15) is 5.60 Å². The molecule has 1 heterocycles. The van der Waals surface area contributed by atoms with Crippen LogP contribution in [0.5, 0.6) is 0 Å². The number of carbonyl (C=O) groups excluding carboxylic acids is 1. The molecule has 0 bridgehead atoms. The van der Waals surface area contributed by atoms with E-state index in [1.54, 1.807) is 0 Å². The molecule has 1 unspecified atom stereocenters. The Morgan fingerprint density at radius 3 is 2.57 bits per heavy atom. The molecule has 1 atom stereocenters. The third-order valence-corrected chi connectivity index (χ3v) is 1.89. The van der Waals surface area contributed by atoms with Crippen LogP contribution in [-0.2, 0) is 9.47 Å². The van der Waals surface area contributed by atoms with Crippen molar-refractivity contribution in [3.8, 4) is 0 Å². The molecular formula is C10H19NO3. The van der Waals surface area contributed by atoms with Gasteiger partial charge in [-0.05, 0) is 46.6 Å². The Labute approximate surface area is 85.0 Å². The summed E-state index contributed by atoms with van der Waals surface area (Å²) in [6.07, 6.45) is 2.36. The Kier molecular flexibility index (Phi) is 3.75. The molecule has 1 fully saturated rings. The van der Waals surface area contributed by atoms with Crippen molar-refractivity contribution in [2.45, 2.75) is 51.9 Å². The van der Waals surface area contributed by atoms with Gasteiger partial charge < -0.3 is 9.47 Å². The summed E-state index contributed by atoms with van der Waals surface area (Å²) in [4.78, 5) is 11.2. The Hall–Kier alpha value is -0.770. The molecule has 1 aliphatic heterocycles. The fraction of sp³-hybridized carbons (Fsp3) is 0.900. The zero-order chi connectivity index (χ0) is 10.6. The topological polar surface area (TPSA) is 47.6 Å². The fourth-order valence-electron chi connectivity index (χ4n) is 1.31. The van der Waals surface area contributed by atoms with Gasteiger partial charge in [-0.1, -0.05) is 0 Å². The van der Waals surface area contributed by atoms with Gasteiger partial charge in [0.15, 0.2) is 6.23 Å². The highest BCUT2D eigenvalue weighted by atomic mass is 16.7. The van der Waals surface area contributed by atoms with Crippen molar-refractivity contribution in [3.63, 3.8) is 0 Å². The van der Waals surface area contributed by atoms with Crippen molar-refractivity contribution in [2.24, 2.45) is 0 Å². The van der Waals surface area contributed by atoms with E-state index in [0.29, 0.717) is 0 Å². The first-order chi connectivity index (χ1) is 6.47. The van der Waals surface area contributed by atoms with Crippen LogP contribution in [0.1, 0.15) is 40.0 Å². The van der Waals surface area contributed by atoms with Crippen molar-refractivity contribution >= 4 is 6.16 Å². The normalized spacial score (nSPS) is 22.9. The molecule has 0 aromatic rings. The van der Waals surface area contributed by atoms with Gasteiger partial charge in [0, 0.05) is 0 Å². The van der Waals surface area contributed by atoms with Crippen LogP contribution in [0.3, 0.4) is 0 Å². The summed E-state index contributed by atoms with van der Waals surface area (Å²) in [7, 11) is 0. The third-order valence-electron chi connectivity index (χ3n) is 1.89. The van der Waals surface area contributed by atoms with Gasteiger partial charge >= 0.3 is 6.16 Å². The number of rotatable bonds is 1. The van der Waals surface area contributed by atoms with E-state index < -0.39 is 11.8 Å². The quantitative estimate of drug-likeness (QED) is 0.659. The van der Waals surface area contributed by atoms with Crippen molar-refractivity contribution in [3.05, 3.63) is 0 Å². The number of hydrogen-bond donors (Lipinski definition) is 1. The zero-order valence-corrected chi connectivity index (χ0v) is 9.13. The van der Waals surface area contributed by atoms with E-state index >= 15 is 0 Å². The number of hydrogen-bond acceptors (Lipinski definition) is 4. The van der Waals surface area contributed by atoms with E-state index in [2.05, 4.69) is 5.32 Å². The summed E-state index contributed by atoms with van der Waals surface area (Å²) < 4.78 is 10.1. The lowest BCUT2D eigenvalue weighted by Gasteiger charge is -2.25. The van der Waals surface area contributed by atoms with E-state index in [9.17, 15) is 4.79 Å². The summed E-state index contributed by atoms with van der Waals surface area (Å²) in [5, 5.41) is 3.11. The first-order valence-electron chi connectivity index (χ1n) is 5.10. The summed E-state index contributed by atoms with van der Waals surface area (Å²) >= 11 is 0. The minimum absolute atomic E-state index is 0.168. The molecular weight excluding hydrogens is 182 g/mol. The van der Waals surface area contributed by atoms with E-state index in [4.69, 9.17) is 9.47 Å². The first-order valence-corrected chi connectivity index (χ1v) is 5.10. The highest BCUT2D eigenvalue weighted by Gasteiger charge is 2.22. The monoisotopic (exact) mass is 201 g/mol. The maximum Gasteiger partial charge on any atom is 0.510 e. The lowest BCUT2D eigenvalue weighted by Crippen LogP contribution is -2.39. The van der Waals surface area contributed by atoms with Gasteiger partial charge in [-0.2, -0.15) is 0 Å². The number of carbonyl (C=O) groups is 1. The van der Waals surface area contributed by atoms with Crippen LogP contribution in [0.4, 0.5) is 4.79 Å². The van der Waals surface area contributed by atoms with Crippen molar-refractivity contribution in [1.82, 2.24) is 5.32 Å². The smallest absolute Gasteiger partial charge is 0.429 e. The van der Waals surface area contributed by atoms with Gasteiger partial charge in [-0.25, -0.2) is 4.79 Å². The molecule has 0 saturated carbocycles. The summed E-state index contributed by atoms with van der Waals surface area (Å²) in [6, 6.07) is 0. The lowest BCUT2D eigenvalue weighted by molar-refractivity contribution is -0.0392. The third kappa shape index (κ3) is 4.46. The Morgan fingerprint density at radius 1 is 1.36 bits per heavy atom. The number of ether oxygens (including phenoxy) is 2. The van der Waals surface area contributed by atoms with Crippen LogP contribution in [0.15, 0.2) is 0 Å². The van der Waals surface area contributed by atoms with E-state index in [-0.39, 0.29) is 6.23 Å². The predicted octanol–water partition coefficient (Wildman–Crippen LogP) is 2.04. The standard InChI is InChI=1S/C10H19NO3/c1-10(2,3)14-9(12)13-8-6-4-5-7-11-8/h8,11H,4-7H2,1-3H3. The van der Waals surface area contributed by atoms with Crippen LogP contribution in [-0.4, -0.2) is 24.5 Å². The SMILES string of the molecule is CC(C)(C)OC(=O)OC1CCCCN1. The Balaban J connectivity index is 2.25. The van der Waals surface area contributed by atoms with Crippen molar-refractivity contribution < 1.29 is 14.3 Å². The minimum atomic E-state index is -0.586. The van der Waals surface area contributed by atoms with Gasteiger partial charge in [0.05, 0.1) is 0 Å². The molecule has 1 N–H and O–H groups in total. The molecule has 0 amide bonds. The molecule has 0 aliphatic carbocycles. The molecule has 0 spiro atoms. The molecule has 4 heteroatoms. The highest BCUT2D eigenvalue weighted by molar-refractivity contribution is 5.60. The number of piperidine rings is 1. The van der Waals surface area contributed by atoms with Crippen LogP contribution in [0, 0.1) is 0 Å². The zero-order valence-electron chi connectivity index (χ0n) is 9.13. The van der Waals surface area contributed by atoms with Gasteiger partial charge in [-0.15, -0.1) is 0 Å². The Morgan fingerprint density at radius 2 is 2.07 bits per heavy atom. The molecule has 1 rings (SSSR count). The molecule has 1 saturated heterocycles. The highest BCUT2D eigenvalue weighted by Crippen LogP contribution is 2.12. The molecule has 0 radical (unpaired) electrons. The maximum absolute atomic E-state index is 11.2. The van der Waals surface area contributed by atoms with E-state index in [0.717, 1.165) is 25.8 Å². The summed E-state index contributed by atoms with van der Waals surface area (Å²) in [5.41, 5.74) is -0.480. The fourth-order valence-corrected chi connectivity index (χ4v) is 1.31. The Bertz CT molecular complexity index is 192. The van der Waals surface area contributed by atoms with Gasteiger partial charge in [0.2, 0.25) is 0 Å². The molecule has 0 aromatic heterocycles. The van der Waals surface area contributed by atoms with E-state index in [1.165, 1.54) is 0 Å². The number of nitrogens with one attached hydrogen (secondary N) is 1. The molecule has 1 aliphatic rings. The van der Waals surface area contributed by atoms with Crippen LogP contribution >= 0.6 is 0 Å². The van der Waals surface area contributed by atoms with Crippen molar-refractivity contribution in [1.29, 1.82) is 0 Å². The molecule has 4 nitrogen and oxygen atoms in total. The average Bonchev–Trinajstić information content (AvgIpc) is 2.02. The van der Waals surface area contributed by atoms with E-state index in [1.807, 2.05) is 20.8 Å². The van der Waals surface area contributed by atoms with Crippen LogP contribution < -0.4 is 5.32 Å². The average molecular weight is 201 g/mol. The van der Waals surface area contributed by atoms with Crippen molar-refractivity contribution in [2.75, 3.05) is 6.54 Å². The second-order valence-electron chi connectivity index (χ2n) is 4.52. The summed E-state index contributed by atoms with van der Waals surface area (Å²) in [5.74, 6) is 0. The largest absolute Gasteiger partial charge is 0.510 e. The maximum atomic E-state index is 11.2. The molecule has 14 heavy (non-hydrogen) atoms. The molecule has 0 aromatic carbocycles. The second-order valence-corrected chi connectivity index (χ2v) is 4.52. The van der Waals surface area contributed by atoms with Crippen LogP contribution in [0.2, 0.25) is 0 Å². The predicted molar refractivity (Wildman–Crippen MR) is 53.0 cm³/mol.